The molecule has 0 fully saturated rings. The summed E-state index contributed by atoms with van der Waals surface area (Å²) in [7, 11) is 1.63. The van der Waals surface area contributed by atoms with E-state index in [2.05, 4.69) is 22.1 Å². The van der Waals surface area contributed by atoms with Gasteiger partial charge < -0.3 is 9.72 Å². The van der Waals surface area contributed by atoms with E-state index >= 15 is 0 Å². The standard InChI is InChI=1S/C19H18N2O2S/c1-23-17-9-5-8-15(11-17)10-16-12-20-19(21-18(16)22)24-13-14-6-3-2-4-7-14/h2-9,11-12H,10,13H2,1H3,(H,20,21,22). The first-order valence-corrected chi connectivity index (χ1v) is 8.61. The fraction of sp³-hybridized carbons (Fsp3) is 0.158. The molecule has 0 bridgehead atoms. The van der Waals surface area contributed by atoms with Crippen molar-refractivity contribution in [2.45, 2.75) is 17.3 Å². The summed E-state index contributed by atoms with van der Waals surface area (Å²) in [5, 5.41) is 0.637. The van der Waals surface area contributed by atoms with Crippen molar-refractivity contribution >= 4 is 11.8 Å². The first kappa shape index (κ1) is 16.3. The molecule has 122 valence electrons. The number of thioether (sulfide) groups is 1. The van der Waals surface area contributed by atoms with Gasteiger partial charge in [-0.25, -0.2) is 4.98 Å². The number of aromatic nitrogens is 2. The highest BCUT2D eigenvalue weighted by molar-refractivity contribution is 7.98. The Morgan fingerprint density at radius 3 is 2.62 bits per heavy atom. The summed E-state index contributed by atoms with van der Waals surface area (Å²) in [6.07, 6.45) is 2.19. The maximum absolute atomic E-state index is 12.3. The van der Waals surface area contributed by atoms with E-state index in [4.69, 9.17) is 4.74 Å². The topological polar surface area (TPSA) is 55.0 Å². The molecule has 1 aromatic heterocycles. The van der Waals surface area contributed by atoms with E-state index in [9.17, 15) is 4.79 Å². The number of hydrogen-bond acceptors (Lipinski definition) is 4. The molecule has 0 radical (unpaired) electrons. The van der Waals surface area contributed by atoms with Crippen LogP contribution >= 0.6 is 11.8 Å². The van der Waals surface area contributed by atoms with Crippen LogP contribution in [0.2, 0.25) is 0 Å². The smallest absolute Gasteiger partial charge is 0.255 e. The second-order valence-electron chi connectivity index (χ2n) is 5.35. The summed E-state index contributed by atoms with van der Waals surface area (Å²) in [4.78, 5) is 19.5. The van der Waals surface area contributed by atoms with Crippen LogP contribution in [0, 0.1) is 0 Å². The van der Waals surface area contributed by atoms with Crippen LogP contribution < -0.4 is 10.3 Å². The van der Waals surface area contributed by atoms with Gasteiger partial charge in [0.05, 0.1) is 7.11 Å². The van der Waals surface area contributed by atoms with E-state index in [-0.39, 0.29) is 5.56 Å². The second kappa shape index (κ2) is 7.84. The molecule has 0 saturated carbocycles. The third-order valence-corrected chi connectivity index (χ3v) is 4.56. The monoisotopic (exact) mass is 338 g/mol. The molecule has 0 amide bonds. The van der Waals surface area contributed by atoms with Gasteiger partial charge in [-0.3, -0.25) is 4.79 Å². The lowest BCUT2D eigenvalue weighted by molar-refractivity contribution is 0.414. The highest BCUT2D eigenvalue weighted by Gasteiger charge is 2.06. The average Bonchev–Trinajstić information content (AvgIpc) is 2.63. The zero-order valence-electron chi connectivity index (χ0n) is 13.4. The molecule has 0 atom stereocenters. The quantitative estimate of drug-likeness (QED) is 0.550. The Hall–Kier alpha value is -2.53. The van der Waals surface area contributed by atoms with Crippen molar-refractivity contribution in [3.8, 4) is 5.75 Å². The maximum Gasteiger partial charge on any atom is 0.255 e. The van der Waals surface area contributed by atoms with Crippen LogP contribution in [0.3, 0.4) is 0 Å². The van der Waals surface area contributed by atoms with E-state index in [1.807, 2.05) is 42.5 Å². The van der Waals surface area contributed by atoms with Crippen molar-refractivity contribution in [1.82, 2.24) is 9.97 Å². The Labute approximate surface area is 144 Å². The Balaban J connectivity index is 1.69. The van der Waals surface area contributed by atoms with Crippen molar-refractivity contribution in [3.63, 3.8) is 0 Å². The largest absolute Gasteiger partial charge is 0.497 e. The van der Waals surface area contributed by atoms with Gasteiger partial charge in [0.15, 0.2) is 5.16 Å². The molecular weight excluding hydrogens is 320 g/mol. The molecule has 3 aromatic rings. The fourth-order valence-corrected chi connectivity index (χ4v) is 3.12. The van der Waals surface area contributed by atoms with Crippen molar-refractivity contribution in [3.05, 3.63) is 87.8 Å². The van der Waals surface area contributed by atoms with Gasteiger partial charge in [-0.05, 0) is 23.3 Å². The molecule has 1 N–H and O–H groups in total. The van der Waals surface area contributed by atoms with Crippen LogP contribution in [-0.2, 0) is 12.2 Å². The van der Waals surface area contributed by atoms with E-state index in [1.54, 1.807) is 13.3 Å². The summed E-state index contributed by atoms with van der Waals surface area (Å²) in [6.45, 7) is 0. The lowest BCUT2D eigenvalue weighted by atomic mass is 10.1. The van der Waals surface area contributed by atoms with Gasteiger partial charge >= 0.3 is 0 Å². The van der Waals surface area contributed by atoms with Crippen molar-refractivity contribution < 1.29 is 4.74 Å². The molecule has 5 heteroatoms. The maximum atomic E-state index is 12.3. The first-order chi connectivity index (χ1) is 11.7. The van der Waals surface area contributed by atoms with Crippen molar-refractivity contribution in [1.29, 1.82) is 0 Å². The van der Waals surface area contributed by atoms with E-state index in [0.29, 0.717) is 17.1 Å². The molecule has 0 unspecified atom stereocenters. The molecule has 3 rings (SSSR count). The molecule has 0 saturated heterocycles. The minimum atomic E-state index is -0.0941. The summed E-state index contributed by atoms with van der Waals surface area (Å²) >= 11 is 1.52. The average molecular weight is 338 g/mol. The molecule has 0 aliphatic rings. The number of rotatable bonds is 6. The predicted molar refractivity (Wildman–Crippen MR) is 96.7 cm³/mol. The number of ether oxygens (including phenoxy) is 1. The Kier molecular flexibility index (Phi) is 5.33. The van der Waals surface area contributed by atoms with Gasteiger partial charge in [-0.2, -0.15) is 0 Å². The molecule has 4 nitrogen and oxygen atoms in total. The van der Waals surface area contributed by atoms with Gasteiger partial charge in [0.2, 0.25) is 0 Å². The molecule has 0 spiro atoms. The normalized spacial score (nSPS) is 10.5. The molecule has 24 heavy (non-hydrogen) atoms. The molecule has 0 aliphatic heterocycles. The Morgan fingerprint density at radius 2 is 1.88 bits per heavy atom. The third kappa shape index (κ3) is 4.26. The zero-order valence-corrected chi connectivity index (χ0v) is 14.2. The predicted octanol–water partition coefficient (Wildman–Crippen LogP) is 3.66. The lowest BCUT2D eigenvalue weighted by Crippen LogP contribution is -2.14. The Morgan fingerprint density at radius 1 is 1.08 bits per heavy atom. The lowest BCUT2D eigenvalue weighted by Gasteiger charge is -2.05. The first-order valence-electron chi connectivity index (χ1n) is 7.62. The van der Waals surface area contributed by atoms with Gasteiger partial charge in [0.25, 0.3) is 5.56 Å². The van der Waals surface area contributed by atoms with Crippen LogP contribution in [0.5, 0.6) is 5.75 Å². The van der Waals surface area contributed by atoms with Gasteiger partial charge in [0.1, 0.15) is 5.75 Å². The van der Waals surface area contributed by atoms with Gasteiger partial charge in [-0.15, -0.1) is 0 Å². The number of hydrogen-bond donors (Lipinski definition) is 1. The van der Waals surface area contributed by atoms with E-state index < -0.39 is 0 Å². The van der Waals surface area contributed by atoms with Gasteiger partial charge in [-0.1, -0.05) is 54.2 Å². The molecule has 2 aromatic carbocycles. The van der Waals surface area contributed by atoms with Crippen molar-refractivity contribution in [2.24, 2.45) is 0 Å². The summed E-state index contributed by atoms with van der Waals surface area (Å²) in [5.74, 6) is 1.56. The summed E-state index contributed by atoms with van der Waals surface area (Å²) in [5.41, 5.74) is 2.77. The third-order valence-electron chi connectivity index (χ3n) is 3.60. The van der Waals surface area contributed by atoms with Crippen molar-refractivity contribution in [2.75, 3.05) is 7.11 Å². The number of methoxy groups -OCH3 is 1. The van der Waals surface area contributed by atoms with Crippen LogP contribution in [0.4, 0.5) is 0 Å². The minimum Gasteiger partial charge on any atom is -0.497 e. The minimum absolute atomic E-state index is 0.0941. The summed E-state index contributed by atoms with van der Waals surface area (Å²) < 4.78 is 5.21. The number of nitrogens with zero attached hydrogens (tertiary/aromatic N) is 1. The number of nitrogens with one attached hydrogen (secondary N) is 1. The number of H-pyrrole nitrogens is 1. The second-order valence-corrected chi connectivity index (χ2v) is 6.31. The summed E-state index contributed by atoms with van der Waals surface area (Å²) in [6, 6.07) is 17.8. The number of aromatic amines is 1. The van der Waals surface area contributed by atoms with E-state index in [0.717, 1.165) is 17.1 Å². The van der Waals surface area contributed by atoms with Crippen LogP contribution in [0.25, 0.3) is 0 Å². The SMILES string of the molecule is COc1cccc(Cc2cnc(SCc3ccccc3)[nH]c2=O)c1. The zero-order chi connectivity index (χ0) is 16.8. The number of benzene rings is 2. The van der Waals surface area contributed by atoms with Crippen LogP contribution in [0.1, 0.15) is 16.7 Å². The van der Waals surface area contributed by atoms with E-state index in [1.165, 1.54) is 17.3 Å². The van der Waals surface area contributed by atoms with Crippen LogP contribution in [0.15, 0.2) is 70.7 Å². The highest BCUT2D eigenvalue weighted by atomic mass is 32.2. The van der Waals surface area contributed by atoms with Gasteiger partial charge in [0, 0.05) is 23.9 Å². The highest BCUT2D eigenvalue weighted by Crippen LogP contribution is 2.18. The molecule has 1 heterocycles. The molecular formula is C19H18N2O2S. The Bertz CT molecular complexity index is 862. The fourth-order valence-electron chi connectivity index (χ4n) is 2.33. The molecule has 0 aliphatic carbocycles. The van der Waals surface area contributed by atoms with Crippen LogP contribution in [-0.4, -0.2) is 17.1 Å².